The summed E-state index contributed by atoms with van der Waals surface area (Å²) >= 11 is 12.5. The van der Waals surface area contributed by atoms with Crippen LogP contribution in [0.5, 0.6) is 0 Å². The number of guanidine groups is 1. The molecule has 160 valence electrons. The normalized spacial score (nSPS) is 12.8. The van der Waals surface area contributed by atoms with E-state index in [1.807, 2.05) is 31.2 Å². The number of rotatable bonds is 6. The maximum Gasteiger partial charge on any atom is 0.191 e. The highest BCUT2D eigenvalue weighted by Gasteiger charge is 2.14. The van der Waals surface area contributed by atoms with Gasteiger partial charge in [-0.15, -0.1) is 24.0 Å². The molecule has 0 spiro atoms. The Balaban J connectivity index is 0.00000420. The van der Waals surface area contributed by atoms with Gasteiger partial charge < -0.3 is 10.6 Å². The van der Waals surface area contributed by atoms with Gasteiger partial charge in [0, 0.05) is 42.4 Å². The lowest BCUT2D eigenvalue weighted by atomic mass is 10.0. The lowest BCUT2D eigenvalue weighted by molar-refractivity contribution is 0.601. The maximum atomic E-state index is 11.7. The van der Waals surface area contributed by atoms with Crippen molar-refractivity contribution in [2.24, 2.45) is 4.99 Å². The van der Waals surface area contributed by atoms with Crippen LogP contribution in [0.4, 0.5) is 0 Å². The molecule has 0 heterocycles. The number of sulfone groups is 1. The van der Waals surface area contributed by atoms with Crippen LogP contribution in [0.3, 0.4) is 0 Å². The fourth-order valence-corrected chi connectivity index (χ4v) is 4.71. The van der Waals surface area contributed by atoms with Crippen LogP contribution >= 0.6 is 47.2 Å². The van der Waals surface area contributed by atoms with Gasteiger partial charge in [0.2, 0.25) is 0 Å². The van der Waals surface area contributed by atoms with Gasteiger partial charge in [-0.3, -0.25) is 4.99 Å². The number of benzene rings is 2. The smallest absolute Gasteiger partial charge is 0.191 e. The molecule has 2 aromatic rings. The van der Waals surface area contributed by atoms with Gasteiger partial charge in [0.1, 0.15) is 0 Å². The molecular formula is C20H26Cl2IN3O2S. The summed E-state index contributed by atoms with van der Waals surface area (Å²) in [4.78, 5) is 4.58. The van der Waals surface area contributed by atoms with Gasteiger partial charge >= 0.3 is 0 Å². The van der Waals surface area contributed by atoms with Crippen molar-refractivity contribution in [3.8, 4) is 0 Å². The van der Waals surface area contributed by atoms with Gasteiger partial charge in [0.25, 0.3) is 0 Å². The van der Waals surface area contributed by atoms with Crippen LogP contribution in [0.2, 0.25) is 10.0 Å². The first-order chi connectivity index (χ1) is 13.1. The minimum Gasteiger partial charge on any atom is -0.356 e. The zero-order valence-electron chi connectivity index (χ0n) is 16.8. The maximum absolute atomic E-state index is 11.7. The summed E-state index contributed by atoms with van der Waals surface area (Å²) < 4.78 is 23.5. The molecule has 0 fully saturated rings. The molecule has 1 atom stereocenters. The van der Waals surface area contributed by atoms with E-state index >= 15 is 0 Å². The standard InChI is InChI=1S/C20H25Cl2N3O2S.HI/c1-13-10-15(8-9-18(13)28(4,26)27)12-25-20(23-3)24-11-14(2)19-16(21)6-5-7-17(19)22;/h5-10,14H,11-12H2,1-4H3,(H2,23,24,25);1H. The Kier molecular flexibility index (Phi) is 10.2. The van der Waals surface area contributed by atoms with E-state index in [2.05, 4.69) is 15.6 Å². The van der Waals surface area contributed by atoms with Crippen LogP contribution in [0.1, 0.15) is 29.5 Å². The molecular weight excluding hydrogens is 544 g/mol. The van der Waals surface area contributed by atoms with Crippen LogP contribution in [-0.4, -0.2) is 34.2 Å². The highest BCUT2D eigenvalue weighted by Crippen LogP contribution is 2.30. The molecule has 0 aliphatic rings. The van der Waals surface area contributed by atoms with E-state index in [1.165, 1.54) is 6.26 Å². The number of aliphatic imine (C=N–C) groups is 1. The van der Waals surface area contributed by atoms with Crippen molar-refractivity contribution in [3.63, 3.8) is 0 Å². The average Bonchev–Trinajstić information content (AvgIpc) is 2.60. The number of hydrogen-bond acceptors (Lipinski definition) is 3. The summed E-state index contributed by atoms with van der Waals surface area (Å²) in [7, 11) is -1.52. The topological polar surface area (TPSA) is 70.6 Å². The SMILES string of the molecule is CN=C(NCc1ccc(S(C)(=O)=O)c(C)c1)NCC(C)c1c(Cl)cccc1Cl.I. The number of nitrogens with one attached hydrogen (secondary N) is 2. The van der Waals surface area contributed by atoms with E-state index in [4.69, 9.17) is 23.2 Å². The Morgan fingerprint density at radius 1 is 1.14 bits per heavy atom. The van der Waals surface area contributed by atoms with Gasteiger partial charge in [-0.2, -0.15) is 0 Å². The Hall–Kier alpha value is -1.03. The van der Waals surface area contributed by atoms with E-state index in [1.54, 1.807) is 26.1 Å². The van der Waals surface area contributed by atoms with Gasteiger partial charge in [-0.05, 0) is 41.8 Å². The first kappa shape index (κ1) is 26.0. The molecule has 0 aliphatic carbocycles. The van der Waals surface area contributed by atoms with Crippen molar-refractivity contribution in [1.29, 1.82) is 0 Å². The van der Waals surface area contributed by atoms with E-state index in [-0.39, 0.29) is 29.9 Å². The number of nitrogens with zero attached hydrogens (tertiary/aromatic N) is 1. The molecule has 5 nitrogen and oxygen atoms in total. The molecule has 0 radical (unpaired) electrons. The third-order valence-corrected chi connectivity index (χ3v) is 6.31. The number of aryl methyl sites for hydroxylation is 1. The second-order valence-electron chi connectivity index (χ2n) is 6.72. The molecule has 9 heteroatoms. The molecule has 2 aromatic carbocycles. The van der Waals surface area contributed by atoms with Crippen LogP contribution in [-0.2, 0) is 16.4 Å². The van der Waals surface area contributed by atoms with Crippen molar-refractivity contribution < 1.29 is 8.42 Å². The summed E-state index contributed by atoms with van der Waals surface area (Å²) in [5.41, 5.74) is 2.60. The van der Waals surface area contributed by atoms with Crippen molar-refractivity contribution in [2.45, 2.75) is 31.2 Å². The fourth-order valence-electron chi connectivity index (χ4n) is 2.98. The molecule has 0 bridgehead atoms. The van der Waals surface area contributed by atoms with Crippen molar-refractivity contribution >= 4 is 63.0 Å². The van der Waals surface area contributed by atoms with E-state index in [9.17, 15) is 8.42 Å². The first-order valence-electron chi connectivity index (χ1n) is 8.81. The lowest BCUT2D eigenvalue weighted by Gasteiger charge is -2.18. The highest BCUT2D eigenvalue weighted by molar-refractivity contribution is 14.0. The zero-order chi connectivity index (χ0) is 20.9. The summed E-state index contributed by atoms with van der Waals surface area (Å²) in [5, 5.41) is 7.79. The fraction of sp³-hybridized carbons (Fsp3) is 0.350. The minimum absolute atomic E-state index is 0. The molecule has 0 amide bonds. The Labute approximate surface area is 200 Å². The summed E-state index contributed by atoms with van der Waals surface area (Å²) in [6.45, 7) is 4.96. The molecule has 0 aliphatic heterocycles. The van der Waals surface area contributed by atoms with E-state index < -0.39 is 9.84 Å². The number of halogens is 3. The lowest BCUT2D eigenvalue weighted by Crippen LogP contribution is -2.38. The number of hydrogen-bond donors (Lipinski definition) is 2. The van der Waals surface area contributed by atoms with Gasteiger partial charge in [-0.25, -0.2) is 8.42 Å². The Morgan fingerprint density at radius 2 is 1.76 bits per heavy atom. The monoisotopic (exact) mass is 569 g/mol. The molecule has 2 rings (SSSR count). The molecule has 0 aromatic heterocycles. The molecule has 2 N–H and O–H groups in total. The summed E-state index contributed by atoms with van der Waals surface area (Å²) in [6.07, 6.45) is 1.21. The van der Waals surface area contributed by atoms with E-state index in [0.29, 0.717) is 34.0 Å². The summed E-state index contributed by atoms with van der Waals surface area (Å²) in [5.74, 6) is 0.732. The van der Waals surface area contributed by atoms with Crippen LogP contribution in [0, 0.1) is 6.92 Å². The third-order valence-electron chi connectivity index (χ3n) is 4.39. The zero-order valence-corrected chi connectivity index (χ0v) is 21.5. The largest absolute Gasteiger partial charge is 0.356 e. The predicted octanol–water partition coefficient (Wildman–Crippen LogP) is 4.79. The Bertz CT molecular complexity index is 961. The van der Waals surface area contributed by atoms with Crippen molar-refractivity contribution in [1.82, 2.24) is 10.6 Å². The molecule has 0 saturated heterocycles. The third kappa shape index (κ3) is 7.31. The minimum atomic E-state index is -3.22. The van der Waals surface area contributed by atoms with Crippen molar-refractivity contribution in [3.05, 3.63) is 63.1 Å². The second-order valence-corrected chi connectivity index (χ2v) is 9.51. The quantitative estimate of drug-likeness (QED) is 0.298. The average molecular weight is 570 g/mol. The highest BCUT2D eigenvalue weighted by atomic mass is 127. The van der Waals surface area contributed by atoms with Crippen LogP contribution < -0.4 is 10.6 Å². The Morgan fingerprint density at radius 3 is 2.28 bits per heavy atom. The van der Waals surface area contributed by atoms with Crippen molar-refractivity contribution in [2.75, 3.05) is 19.8 Å². The molecule has 29 heavy (non-hydrogen) atoms. The predicted molar refractivity (Wildman–Crippen MR) is 133 cm³/mol. The second kappa shape index (κ2) is 11.4. The molecule has 0 saturated carbocycles. The van der Waals surface area contributed by atoms with Gasteiger partial charge in [0.15, 0.2) is 15.8 Å². The van der Waals surface area contributed by atoms with E-state index in [0.717, 1.165) is 16.7 Å². The first-order valence-corrected chi connectivity index (χ1v) is 11.5. The van der Waals surface area contributed by atoms with Crippen LogP contribution in [0.15, 0.2) is 46.3 Å². The van der Waals surface area contributed by atoms with Gasteiger partial charge in [-0.1, -0.05) is 48.3 Å². The molecule has 1 unspecified atom stereocenters. The summed E-state index contributed by atoms with van der Waals surface area (Å²) in [6, 6.07) is 10.8. The van der Waals surface area contributed by atoms with Crippen LogP contribution in [0.25, 0.3) is 0 Å². The van der Waals surface area contributed by atoms with Gasteiger partial charge in [0.05, 0.1) is 4.90 Å².